The number of rotatable bonds is 5. The minimum Gasteiger partial charge on any atom is -0.496 e. The van der Waals surface area contributed by atoms with E-state index in [0.717, 1.165) is 53.0 Å². The van der Waals surface area contributed by atoms with Gasteiger partial charge in [0.25, 0.3) is 0 Å². The van der Waals surface area contributed by atoms with E-state index in [4.69, 9.17) is 9.72 Å². The van der Waals surface area contributed by atoms with Crippen LogP contribution in [0.2, 0.25) is 0 Å². The first-order valence-electron chi connectivity index (χ1n) is 9.26. The maximum absolute atomic E-state index is 5.53. The summed E-state index contributed by atoms with van der Waals surface area (Å²) >= 11 is 0. The van der Waals surface area contributed by atoms with Crippen LogP contribution in [-0.2, 0) is 6.54 Å². The third-order valence-corrected chi connectivity index (χ3v) is 5.09. The monoisotopic (exact) mass is 355 g/mol. The highest BCUT2D eigenvalue weighted by atomic mass is 16.5. The van der Waals surface area contributed by atoms with Gasteiger partial charge in [-0.2, -0.15) is 0 Å². The smallest absolute Gasteiger partial charge is 0.132 e. The molecule has 0 spiro atoms. The lowest BCUT2D eigenvalue weighted by atomic mass is 9.96. The lowest BCUT2D eigenvalue weighted by Crippen LogP contribution is -2.29. The number of methoxy groups -OCH3 is 1. The van der Waals surface area contributed by atoms with Crippen LogP contribution in [0.3, 0.4) is 0 Å². The van der Waals surface area contributed by atoms with Crippen molar-refractivity contribution in [3.8, 4) is 5.75 Å². The van der Waals surface area contributed by atoms with Crippen molar-refractivity contribution in [2.24, 2.45) is 0 Å². The fourth-order valence-corrected chi connectivity index (χ4v) is 3.62. The molecule has 1 saturated heterocycles. The van der Waals surface area contributed by atoms with Crippen molar-refractivity contribution in [2.75, 3.05) is 32.1 Å². The second-order valence-corrected chi connectivity index (χ2v) is 7.14. The molecule has 0 saturated carbocycles. The van der Waals surface area contributed by atoms with Gasteiger partial charge in [-0.25, -0.2) is 9.97 Å². The van der Waals surface area contributed by atoms with Gasteiger partial charge in [0.15, 0.2) is 0 Å². The number of anilines is 1. The summed E-state index contributed by atoms with van der Waals surface area (Å²) in [6, 6.07) is 2.13. The van der Waals surface area contributed by atoms with Crippen molar-refractivity contribution in [2.45, 2.75) is 46.1 Å². The maximum Gasteiger partial charge on any atom is 0.132 e. The fraction of sp³-hybridized carbons (Fsp3) is 0.550. The Morgan fingerprint density at radius 2 is 2.08 bits per heavy atom. The molecule has 140 valence electrons. The third kappa shape index (κ3) is 3.96. The SMILES string of the molecule is COc1c(C)cnc(CN(C)c2cc(C3CCCNC3)nc(C)n2)c1C. The lowest BCUT2D eigenvalue weighted by molar-refractivity contribution is 0.407. The van der Waals surface area contributed by atoms with Crippen molar-refractivity contribution in [3.63, 3.8) is 0 Å². The maximum atomic E-state index is 5.53. The lowest BCUT2D eigenvalue weighted by Gasteiger charge is -2.25. The topological polar surface area (TPSA) is 63.2 Å². The number of aromatic nitrogens is 3. The number of piperidine rings is 1. The summed E-state index contributed by atoms with van der Waals surface area (Å²) in [6.45, 7) is 8.83. The van der Waals surface area contributed by atoms with Gasteiger partial charge in [0.1, 0.15) is 17.4 Å². The zero-order valence-electron chi connectivity index (χ0n) is 16.5. The second kappa shape index (κ2) is 7.99. The van der Waals surface area contributed by atoms with Gasteiger partial charge >= 0.3 is 0 Å². The van der Waals surface area contributed by atoms with E-state index in [-0.39, 0.29) is 0 Å². The Bertz CT molecular complexity index is 771. The minimum atomic E-state index is 0.469. The van der Waals surface area contributed by atoms with Crippen LogP contribution in [0.15, 0.2) is 12.3 Å². The fourth-order valence-electron chi connectivity index (χ4n) is 3.62. The summed E-state index contributed by atoms with van der Waals surface area (Å²) in [5.74, 6) is 3.15. The van der Waals surface area contributed by atoms with Gasteiger partial charge in [-0.15, -0.1) is 0 Å². The summed E-state index contributed by atoms with van der Waals surface area (Å²) in [4.78, 5) is 16.1. The zero-order chi connectivity index (χ0) is 18.7. The van der Waals surface area contributed by atoms with Crippen molar-refractivity contribution >= 4 is 5.82 Å². The Kier molecular flexibility index (Phi) is 5.71. The average molecular weight is 355 g/mol. The highest BCUT2D eigenvalue weighted by Gasteiger charge is 2.19. The second-order valence-electron chi connectivity index (χ2n) is 7.14. The van der Waals surface area contributed by atoms with Gasteiger partial charge in [0.05, 0.1) is 25.0 Å². The summed E-state index contributed by atoms with van der Waals surface area (Å²) < 4.78 is 5.53. The van der Waals surface area contributed by atoms with Crippen molar-refractivity contribution in [3.05, 3.63) is 40.6 Å². The molecule has 3 heterocycles. The largest absolute Gasteiger partial charge is 0.496 e. The molecule has 1 N–H and O–H groups in total. The highest BCUT2D eigenvalue weighted by Crippen LogP contribution is 2.27. The molecule has 2 aromatic heterocycles. The molecular formula is C20H29N5O. The summed E-state index contributed by atoms with van der Waals surface area (Å²) in [7, 11) is 3.76. The van der Waals surface area contributed by atoms with Crippen LogP contribution >= 0.6 is 0 Å². The number of aryl methyl sites for hydroxylation is 2. The molecule has 0 radical (unpaired) electrons. The third-order valence-electron chi connectivity index (χ3n) is 5.09. The molecule has 6 heteroatoms. The summed E-state index contributed by atoms with van der Waals surface area (Å²) in [6.07, 6.45) is 4.26. The average Bonchev–Trinajstić information content (AvgIpc) is 2.64. The van der Waals surface area contributed by atoms with E-state index in [1.54, 1.807) is 7.11 Å². The standard InChI is InChI=1S/C20H29N5O/c1-13-10-22-18(14(2)20(13)26-5)12-25(4)19-9-17(23-15(3)24-19)16-7-6-8-21-11-16/h9-10,16,21H,6-8,11-12H2,1-5H3. The van der Waals surface area contributed by atoms with E-state index in [0.29, 0.717) is 12.5 Å². The molecule has 6 nitrogen and oxygen atoms in total. The van der Waals surface area contributed by atoms with E-state index in [9.17, 15) is 0 Å². The van der Waals surface area contributed by atoms with Gasteiger partial charge < -0.3 is 15.0 Å². The van der Waals surface area contributed by atoms with Crippen LogP contribution in [0.1, 0.15) is 47.1 Å². The molecule has 1 aliphatic rings. The van der Waals surface area contributed by atoms with E-state index in [1.807, 2.05) is 20.0 Å². The normalized spacial score (nSPS) is 17.2. The van der Waals surface area contributed by atoms with Gasteiger partial charge in [-0.05, 0) is 40.2 Å². The molecule has 3 rings (SSSR count). The van der Waals surface area contributed by atoms with Crippen molar-refractivity contribution in [1.82, 2.24) is 20.3 Å². The Morgan fingerprint density at radius 3 is 2.77 bits per heavy atom. The Hall–Kier alpha value is -2.21. The van der Waals surface area contributed by atoms with Crippen LogP contribution in [0.4, 0.5) is 5.82 Å². The molecule has 1 aliphatic heterocycles. The predicted molar refractivity (Wildman–Crippen MR) is 104 cm³/mol. The van der Waals surface area contributed by atoms with Crippen LogP contribution in [0, 0.1) is 20.8 Å². The first-order valence-corrected chi connectivity index (χ1v) is 9.26. The molecule has 0 aliphatic carbocycles. The number of nitrogens with one attached hydrogen (secondary N) is 1. The van der Waals surface area contributed by atoms with Crippen molar-refractivity contribution < 1.29 is 4.74 Å². The first kappa shape index (κ1) is 18.6. The van der Waals surface area contributed by atoms with E-state index < -0.39 is 0 Å². The van der Waals surface area contributed by atoms with Crippen LogP contribution in [0.25, 0.3) is 0 Å². The van der Waals surface area contributed by atoms with Gasteiger partial charge in [-0.3, -0.25) is 4.98 Å². The number of hydrogen-bond donors (Lipinski definition) is 1. The van der Waals surface area contributed by atoms with Crippen molar-refractivity contribution in [1.29, 1.82) is 0 Å². The van der Waals surface area contributed by atoms with Gasteiger partial charge in [0, 0.05) is 42.9 Å². The predicted octanol–water partition coefficient (Wildman–Crippen LogP) is 2.91. The minimum absolute atomic E-state index is 0.469. The molecule has 26 heavy (non-hydrogen) atoms. The molecule has 0 amide bonds. The Labute approximate surface area is 156 Å². The van der Waals surface area contributed by atoms with E-state index >= 15 is 0 Å². The molecule has 0 bridgehead atoms. The van der Waals surface area contributed by atoms with E-state index in [1.165, 1.54) is 12.8 Å². The summed E-state index contributed by atoms with van der Waals surface area (Å²) in [5, 5.41) is 3.47. The Balaban J connectivity index is 1.84. The Morgan fingerprint density at radius 1 is 1.27 bits per heavy atom. The number of nitrogens with zero attached hydrogens (tertiary/aromatic N) is 4. The van der Waals surface area contributed by atoms with E-state index in [2.05, 4.69) is 40.2 Å². The quantitative estimate of drug-likeness (QED) is 0.890. The molecule has 1 unspecified atom stereocenters. The molecule has 0 aromatic carbocycles. The number of ether oxygens (including phenoxy) is 1. The molecule has 1 fully saturated rings. The van der Waals surface area contributed by atoms with Crippen LogP contribution < -0.4 is 15.0 Å². The highest BCUT2D eigenvalue weighted by molar-refractivity contribution is 5.45. The van der Waals surface area contributed by atoms with Crippen LogP contribution in [-0.4, -0.2) is 42.2 Å². The molecule has 1 atom stereocenters. The molecular weight excluding hydrogens is 326 g/mol. The molecule has 2 aromatic rings. The first-order chi connectivity index (χ1) is 12.5. The summed E-state index contributed by atoms with van der Waals surface area (Å²) in [5.41, 5.74) is 4.29. The van der Waals surface area contributed by atoms with Gasteiger partial charge in [-0.1, -0.05) is 0 Å². The zero-order valence-corrected chi connectivity index (χ0v) is 16.5. The van der Waals surface area contributed by atoms with Gasteiger partial charge in [0.2, 0.25) is 0 Å². The van der Waals surface area contributed by atoms with Crippen LogP contribution in [0.5, 0.6) is 5.75 Å². The number of hydrogen-bond acceptors (Lipinski definition) is 6. The number of pyridine rings is 1.